The van der Waals surface area contributed by atoms with Crippen LogP contribution in [0.3, 0.4) is 0 Å². The van der Waals surface area contributed by atoms with Gasteiger partial charge in [-0.05, 0) is 138 Å². The lowest BCUT2D eigenvalue weighted by atomic mass is 10.0. The van der Waals surface area contributed by atoms with E-state index in [1.807, 2.05) is 138 Å². The molecule has 1 N–H and O–H groups in total. The van der Waals surface area contributed by atoms with Gasteiger partial charge in [-0.15, -0.1) is 0 Å². The molecule has 0 spiro atoms. The molecule has 0 saturated heterocycles. The second kappa shape index (κ2) is 38.2. The maximum absolute atomic E-state index is 13.9. The summed E-state index contributed by atoms with van der Waals surface area (Å²) in [6.45, 7) is 18.1. The van der Waals surface area contributed by atoms with Gasteiger partial charge >= 0.3 is 11.5 Å². The Balaban J connectivity index is 0.000000164. The molecule has 7 heterocycles. The van der Waals surface area contributed by atoms with Crippen molar-refractivity contribution < 1.29 is 45.9 Å². The number of aromatic nitrogens is 10. The predicted octanol–water partition coefficient (Wildman–Crippen LogP) is 16.5. The quantitative estimate of drug-likeness (QED) is 0.0503. The number of benzene rings is 7. The molecule has 17 nitrogen and oxygen atoms in total. The van der Waals surface area contributed by atoms with E-state index < -0.39 is 41.4 Å². The Kier molecular flexibility index (Phi) is 29.3. The van der Waals surface area contributed by atoms with E-state index >= 15 is 0 Å². The number of sulfone groups is 1. The molecule has 14 rings (SSSR count). The largest absolute Gasteiger partial charge is 0.503 e. The van der Waals surface area contributed by atoms with Crippen LogP contribution in [0.1, 0.15) is 91.9 Å². The molecule has 0 unspecified atom stereocenters. The summed E-state index contributed by atoms with van der Waals surface area (Å²) in [7, 11) is 4.28. The molecular weight excluding hydrogens is 1450 g/mol. The van der Waals surface area contributed by atoms with Crippen molar-refractivity contribution in [3.8, 4) is 22.4 Å². The number of alkyl halides is 3. The molecule has 0 aliphatic rings. The van der Waals surface area contributed by atoms with Crippen LogP contribution in [-0.4, -0.2) is 78.3 Å². The minimum Gasteiger partial charge on any atom is -0.354 e. The lowest BCUT2D eigenvalue weighted by Crippen LogP contribution is -2.26. The molecule has 7 aromatic heterocycles. The average molecular weight is 1540 g/mol. The summed E-state index contributed by atoms with van der Waals surface area (Å²) in [6.07, 6.45) is 6.16. The molecule has 0 saturated carbocycles. The van der Waals surface area contributed by atoms with Gasteiger partial charge in [0.15, 0.2) is 13.0 Å². The van der Waals surface area contributed by atoms with Gasteiger partial charge in [0, 0.05) is 135 Å². The number of imidazole rings is 1. The first-order valence-electron chi connectivity index (χ1n) is 35.3. The highest BCUT2D eigenvalue weighted by atomic mass is 32.2. The summed E-state index contributed by atoms with van der Waals surface area (Å²) < 4.78 is 84.6. The van der Waals surface area contributed by atoms with E-state index in [4.69, 9.17) is 5.26 Å². The Bertz CT molecular complexity index is 5300. The van der Waals surface area contributed by atoms with Crippen LogP contribution in [-0.2, 0) is 68.6 Å². The number of carbonyl (C=O) groups excluding carboxylic acids is 2. The Hall–Kier alpha value is -11.2. The van der Waals surface area contributed by atoms with Crippen molar-refractivity contribution >= 4 is 68.6 Å². The molecule has 0 atom stereocenters. The summed E-state index contributed by atoms with van der Waals surface area (Å²) >= 11 is 0. The third-order valence-corrected chi connectivity index (χ3v) is 25.4. The fourth-order valence-corrected chi connectivity index (χ4v) is 17.3. The Morgan fingerprint density at radius 1 is 0.473 bits per heavy atom. The Labute approximate surface area is 644 Å². The summed E-state index contributed by atoms with van der Waals surface area (Å²) in [5, 5.41) is 22.2. The average Bonchev–Trinajstić information content (AvgIpc) is 1.48. The van der Waals surface area contributed by atoms with Crippen LogP contribution in [0.5, 0.6) is 0 Å². The highest BCUT2D eigenvalue weighted by molar-refractivity contribution is 7.92. The third-order valence-electron chi connectivity index (χ3n) is 18.6. The van der Waals surface area contributed by atoms with Crippen molar-refractivity contribution in [2.24, 2.45) is 49.3 Å². The topological polar surface area (TPSA) is 188 Å². The third kappa shape index (κ3) is 21.2. The second-order valence-corrected chi connectivity index (χ2v) is 33.3. The van der Waals surface area contributed by atoms with Gasteiger partial charge in [-0.2, -0.15) is 28.6 Å². The number of nitrogens with zero attached hydrogens (tertiary/aromatic N) is 10. The summed E-state index contributed by atoms with van der Waals surface area (Å²) in [6, 6.07) is 83.2. The zero-order valence-corrected chi connectivity index (χ0v) is 67.5. The molecule has 23 heteroatoms. The molecule has 7 aromatic carbocycles. The monoisotopic (exact) mass is 1540 g/mol. The summed E-state index contributed by atoms with van der Waals surface area (Å²) in [5.41, 5.74) is 9.67. The first-order valence-corrected chi connectivity index (χ1v) is 39.8. The fraction of sp³-hybridized carbons (Fsp3) is 0.207. The summed E-state index contributed by atoms with van der Waals surface area (Å²) in [4.78, 5) is 30.4. The molecule has 0 radical (unpaired) electrons. The van der Waals surface area contributed by atoms with E-state index in [9.17, 15) is 35.7 Å². The van der Waals surface area contributed by atoms with Crippen molar-refractivity contribution in [2.45, 2.75) is 78.8 Å². The molecule has 0 bridgehead atoms. The first kappa shape index (κ1) is 84.4. The van der Waals surface area contributed by atoms with Crippen molar-refractivity contribution in [1.82, 2.24) is 47.4 Å². The van der Waals surface area contributed by atoms with Crippen LogP contribution in [0.25, 0.3) is 22.4 Å². The van der Waals surface area contributed by atoms with Crippen LogP contribution < -0.4 is 32.0 Å². The maximum Gasteiger partial charge on any atom is 0.503 e. The van der Waals surface area contributed by atoms with E-state index in [1.54, 1.807) is 51.3 Å². The van der Waals surface area contributed by atoms with E-state index in [1.165, 1.54) is 69.7 Å². The number of ketones is 1. The Morgan fingerprint density at radius 2 is 0.918 bits per heavy atom. The van der Waals surface area contributed by atoms with E-state index in [2.05, 4.69) is 218 Å². The first-order chi connectivity index (χ1) is 52.3. The van der Waals surface area contributed by atoms with Gasteiger partial charge in [-0.25, -0.2) is 18.2 Å². The lowest BCUT2D eigenvalue weighted by molar-refractivity contribution is -0.183. The zero-order valence-electron chi connectivity index (χ0n) is 64.9. The minimum absolute atomic E-state index is 0.0359. The predicted molar refractivity (Wildman–Crippen MR) is 439 cm³/mol. The maximum atomic E-state index is 13.9. The molecule has 110 heavy (non-hydrogen) atoms. The van der Waals surface area contributed by atoms with Gasteiger partial charge in [-0.3, -0.25) is 19.0 Å². The number of hydrogen-bond donors (Lipinski definition) is 1. The van der Waals surface area contributed by atoms with Gasteiger partial charge in [0.1, 0.15) is 16.2 Å². The summed E-state index contributed by atoms with van der Waals surface area (Å²) in [5.74, 6) is 0.366. The number of aryl methyl sites for hydroxylation is 11. The molecule has 0 amide bonds. The highest BCUT2D eigenvalue weighted by Crippen LogP contribution is 2.42. The van der Waals surface area contributed by atoms with Crippen LogP contribution in [0.2, 0.25) is 0 Å². The SMILES string of the molecule is Cc1cc(-c2ccc(-c3ccccc3)cc2)nn1C.Cc1cc(C(C)C)cn1C.Cc1cc(P(=O)(c2ccccc2)c2ccccc2)nn1C.Cc1cc(P(c2ccccc2)c2ccccc2)cn1C.Cc1ccc(C(=O)OO)n1C.Cc1ccc(S(=O)(=O)C(F)(F)F)n1C.Cc1cnc(C(=O)c2ccccc2)n1C. The van der Waals surface area contributed by atoms with Crippen LogP contribution in [0.4, 0.5) is 13.2 Å². The standard InChI is InChI=1S/C18H18NP.C17H17N2OP.C17H16N2.C12H12N2O.C9H15N.C7H8F3NO2S.C7H9NO3/c1-15-13-18(14-19(15)2)20(16-9-5-3-6-10-16)17-11-7-4-8-12-17;1-14-13-17(18-19(14)2)21(20,15-9-5-3-6-10-15)16-11-7-4-8-12-16;1-13-12-17(18-19(13)2)16-10-8-15(9-11-16)14-6-4-3-5-7-14;1-9-8-13-12(14(9)2)11(15)10-6-4-3-5-7-10;1-7(2)9-5-8(3)10(4)6-9;1-5-3-4-6(11(5)2)14(12,13)7(8,9)10;1-5-3-4-6(8(5)2)7(9)11-10/h3-14H,1-2H3;3-13H,1-2H3;3-12H,1-2H3;3-8H,1-2H3;5-7H,1-4H3;3-4H,1-2H3;3-4,10H,1-2H3. The lowest BCUT2D eigenvalue weighted by Gasteiger charge is -2.17. The molecule has 14 aromatic rings. The van der Waals surface area contributed by atoms with Gasteiger partial charge in [0.2, 0.25) is 5.78 Å². The minimum atomic E-state index is -5.24. The molecule has 0 aliphatic heterocycles. The highest BCUT2D eigenvalue weighted by Gasteiger charge is 2.48. The van der Waals surface area contributed by atoms with Gasteiger partial charge in [0.05, 0.1) is 5.69 Å². The number of halogens is 3. The van der Waals surface area contributed by atoms with Crippen LogP contribution in [0, 0.1) is 48.5 Å². The number of hydrogen-bond acceptors (Lipinski definition) is 10. The van der Waals surface area contributed by atoms with Gasteiger partial charge < -0.3 is 27.4 Å². The molecule has 572 valence electrons. The normalized spacial score (nSPS) is 11.1. The van der Waals surface area contributed by atoms with Crippen molar-refractivity contribution in [2.75, 3.05) is 0 Å². The smallest absolute Gasteiger partial charge is 0.354 e. The fourth-order valence-electron chi connectivity index (χ4n) is 11.2. The molecule has 0 aliphatic carbocycles. The van der Waals surface area contributed by atoms with Crippen LogP contribution in [0.15, 0.2) is 278 Å². The Morgan fingerprint density at radius 3 is 1.30 bits per heavy atom. The van der Waals surface area contributed by atoms with Crippen molar-refractivity contribution in [1.29, 1.82) is 0 Å². The van der Waals surface area contributed by atoms with Crippen molar-refractivity contribution in [3.63, 3.8) is 0 Å². The number of carbonyl (C=O) groups is 2. The number of rotatable bonds is 13. The second-order valence-electron chi connectivity index (χ2n) is 26.5. The van der Waals surface area contributed by atoms with Crippen LogP contribution >= 0.6 is 15.1 Å². The van der Waals surface area contributed by atoms with Crippen molar-refractivity contribution in [3.05, 3.63) is 336 Å². The van der Waals surface area contributed by atoms with E-state index in [0.29, 0.717) is 34.1 Å². The van der Waals surface area contributed by atoms with Gasteiger partial charge in [-0.1, -0.05) is 220 Å². The zero-order chi connectivity index (χ0) is 80.2. The van der Waals surface area contributed by atoms with E-state index in [0.717, 1.165) is 49.6 Å². The molecule has 0 fully saturated rings. The van der Waals surface area contributed by atoms with Gasteiger partial charge in [0.25, 0.3) is 9.84 Å². The molecular formula is C87H95F3N10O7P2S. The van der Waals surface area contributed by atoms with E-state index in [-0.39, 0.29) is 5.78 Å².